The van der Waals surface area contributed by atoms with Gasteiger partial charge in [-0.05, 0) is 0 Å². The molecule has 11 N–H and O–H groups in total. The van der Waals surface area contributed by atoms with Crippen molar-refractivity contribution >= 4 is 48.1 Å². The molecule has 0 saturated heterocycles. The highest BCUT2D eigenvalue weighted by Gasteiger charge is 2.28. The quantitative estimate of drug-likeness (QED) is 0.0526. The second-order valence-corrected chi connectivity index (χ2v) is 10.9. The minimum Gasteiger partial charge on any atom is -0.369 e. The molecule has 0 heterocycles. The minimum atomic E-state index is -4.70. The lowest BCUT2D eigenvalue weighted by Crippen LogP contribution is -2.57. The van der Waals surface area contributed by atoms with E-state index in [1.54, 1.807) is 0 Å². The van der Waals surface area contributed by atoms with Crippen molar-refractivity contribution in [1.82, 2.24) is 21.3 Å². The fourth-order valence-electron chi connectivity index (χ4n) is 1.80. The predicted octanol–water partition coefficient (Wildman–Crippen LogP) is -5.84. The third-order valence-electron chi connectivity index (χ3n) is 2.97. The number of primary amides is 2. The molecule has 18 nitrogen and oxygen atoms in total. The van der Waals surface area contributed by atoms with E-state index in [0.717, 1.165) is 6.92 Å². The van der Waals surface area contributed by atoms with Crippen LogP contribution in [0.5, 0.6) is 0 Å². The van der Waals surface area contributed by atoms with E-state index < -0.39 is 84.2 Å². The molecule has 0 aromatic heterocycles. The maximum Gasteiger partial charge on any atom is 0.282 e. The summed E-state index contributed by atoms with van der Waals surface area (Å²) in [6.07, 6.45) is -1.49. The Hall–Kier alpha value is -1.98. The van der Waals surface area contributed by atoms with Gasteiger partial charge < -0.3 is 27.4 Å². The van der Waals surface area contributed by atoms with Gasteiger partial charge in [-0.15, -0.1) is 0 Å². The number of carbonyl (C=O) groups excluding carboxylic acids is 3. The van der Waals surface area contributed by atoms with Crippen molar-refractivity contribution in [3.63, 3.8) is 0 Å². The summed E-state index contributed by atoms with van der Waals surface area (Å²) in [5.74, 6) is -3.51. The van der Waals surface area contributed by atoms with Gasteiger partial charge >= 0.3 is 0 Å². The first kappa shape index (κ1) is 33.2. The molecule has 0 rings (SSSR count). The van der Waals surface area contributed by atoms with Gasteiger partial charge in [-0.3, -0.25) is 33.4 Å². The second kappa shape index (κ2) is 15.0. The molecule has 0 aliphatic heterocycles. The first-order chi connectivity index (χ1) is 14.7. The number of hydrogen-bond donors (Lipinski definition) is 9. The lowest BCUT2D eigenvalue weighted by Gasteiger charge is -2.23. The average Bonchev–Trinajstić information content (AvgIpc) is 2.54. The maximum absolute atomic E-state index is 11.2. The number of carbonyl (C=O) groups is 3. The van der Waals surface area contributed by atoms with Gasteiger partial charge in [0.1, 0.15) is 11.1 Å². The van der Waals surface area contributed by atoms with Crippen LogP contribution >= 0.6 is 0 Å². The monoisotopic (exact) mass is 544 g/mol. The van der Waals surface area contributed by atoms with Crippen LogP contribution in [0.25, 0.3) is 0 Å². The van der Waals surface area contributed by atoms with Crippen LogP contribution in [0.4, 0.5) is 0 Å². The molecule has 0 spiro atoms. The summed E-state index contributed by atoms with van der Waals surface area (Å²) in [6.45, 7) is 0.0594. The van der Waals surface area contributed by atoms with Gasteiger partial charge in [-0.25, -0.2) is 0 Å². The van der Waals surface area contributed by atoms with Gasteiger partial charge in [0.2, 0.25) is 17.7 Å². The highest BCUT2D eigenvalue weighted by Crippen LogP contribution is 1.98. The molecule has 0 bridgehead atoms. The lowest BCUT2D eigenvalue weighted by atomic mass is 10.4. The molecular weight excluding hydrogens is 516 g/mol. The van der Waals surface area contributed by atoms with Gasteiger partial charge in [0, 0.05) is 20.0 Å². The molecule has 0 saturated carbocycles. The fraction of sp³-hybridized carbons (Fsp3) is 0.750. The molecule has 2 atom stereocenters. The van der Waals surface area contributed by atoms with E-state index in [1.165, 1.54) is 0 Å². The summed E-state index contributed by atoms with van der Waals surface area (Å²) < 4.78 is 90.2. The van der Waals surface area contributed by atoms with Crippen LogP contribution in [-0.2, 0) is 44.7 Å². The topological polar surface area (TPSA) is 314 Å². The van der Waals surface area contributed by atoms with Crippen molar-refractivity contribution in [2.24, 2.45) is 11.5 Å². The summed E-state index contributed by atoms with van der Waals surface area (Å²) in [5, 5.41) is 7.17. The Morgan fingerprint density at radius 2 is 1.33 bits per heavy atom. The molecular formula is C12H28N6O12S3. The second-order valence-electron chi connectivity index (χ2n) is 6.20. The van der Waals surface area contributed by atoms with Crippen molar-refractivity contribution in [2.75, 3.05) is 37.7 Å². The summed E-state index contributed by atoms with van der Waals surface area (Å²) in [4.78, 5) is 31.6. The van der Waals surface area contributed by atoms with Crippen molar-refractivity contribution < 1.29 is 53.3 Å². The summed E-state index contributed by atoms with van der Waals surface area (Å²) in [7, 11) is -13.2. The van der Waals surface area contributed by atoms with E-state index in [4.69, 9.17) is 25.1 Å². The molecule has 0 aliphatic rings. The summed E-state index contributed by atoms with van der Waals surface area (Å²) in [5.41, 5.74) is 9.56. The van der Waals surface area contributed by atoms with Gasteiger partial charge in [-0.1, -0.05) is 0 Å². The number of amides is 3. The van der Waals surface area contributed by atoms with Crippen molar-refractivity contribution in [2.45, 2.75) is 18.5 Å². The van der Waals surface area contributed by atoms with E-state index >= 15 is 0 Å². The van der Waals surface area contributed by atoms with Crippen LogP contribution in [0.2, 0.25) is 0 Å². The molecule has 21 heteroatoms. The van der Waals surface area contributed by atoms with E-state index in [1.807, 2.05) is 0 Å². The van der Waals surface area contributed by atoms with Crippen LogP contribution in [0.1, 0.15) is 6.92 Å². The number of hydrogen-bond acceptors (Lipinski definition) is 12. The molecule has 0 fully saturated rings. The largest absolute Gasteiger partial charge is 0.369 e. The fourth-order valence-corrected chi connectivity index (χ4v) is 3.47. The zero-order valence-corrected chi connectivity index (χ0v) is 19.7. The maximum atomic E-state index is 11.2. The smallest absolute Gasteiger partial charge is 0.282 e. The van der Waals surface area contributed by atoms with E-state index in [-0.39, 0.29) is 13.1 Å². The Bertz CT molecular complexity index is 966. The van der Waals surface area contributed by atoms with Crippen LogP contribution in [-0.4, -0.2) is 106 Å². The summed E-state index contributed by atoms with van der Waals surface area (Å²) in [6, 6.07) is 0. The number of nitrogens with one attached hydrogen (secondary N) is 4. The van der Waals surface area contributed by atoms with Gasteiger partial charge in [0.25, 0.3) is 30.4 Å². The van der Waals surface area contributed by atoms with Crippen LogP contribution in [0.3, 0.4) is 0 Å². The van der Waals surface area contributed by atoms with E-state index in [0.29, 0.717) is 0 Å². The molecule has 33 heavy (non-hydrogen) atoms. The highest BCUT2D eigenvalue weighted by molar-refractivity contribution is 7.86. The van der Waals surface area contributed by atoms with Gasteiger partial charge in [0.05, 0.1) is 25.0 Å². The molecule has 0 aliphatic carbocycles. The standard InChI is InChI=1S/C8H18N4O8S2.C4H10N2O4S/c1-5(13)11-7(4-21(15,16)17)12-8(22(18,19)20)3-10-2-6(9)14;5-4(7)3-6-1-2-11(8,9)10/h7-8,10,12H,2-4H2,1H3,(H2,9,14)(H,11,13)(H,15,16,17)(H,18,19,20);6H,1-3H2,(H2,5,7)(H,8,9,10). The Morgan fingerprint density at radius 3 is 1.70 bits per heavy atom. The summed E-state index contributed by atoms with van der Waals surface area (Å²) >= 11 is 0. The van der Waals surface area contributed by atoms with E-state index in [2.05, 4.69) is 21.3 Å². The predicted molar refractivity (Wildman–Crippen MR) is 113 cm³/mol. The van der Waals surface area contributed by atoms with Crippen LogP contribution in [0.15, 0.2) is 0 Å². The Kier molecular flexibility index (Phi) is 15.1. The van der Waals surface area contributed by atoms with Crippen molar-refractivity contribution in [1.29, 1.82) is 0 Å². The SMILES string of the molecule is CC(=O)NC(CS(=O)(=O)O)NC(CNCC(N)=O)S(=O)(=O)O.NC(=O)CNCCS(=O)(=O)O. The molecule has 0 aromatic rings. The third-order valence-corrected chi connectivity index (χ3v) is 5.46. The Labute approximate surface area is 190 Å². The molecule has 2 unspecified atom stereocenters. The molecule has 0 aromatic carbocycles. The zero-order chi connectivity index (χ0) is 26.5. The lowest BCUT2D eigenvalue weighted by molar-refractivity contribution is -0.120. The van der Waals surface area contributed by atoms with Crippen molar-refractivity contribution in [3.05, 3.63) is 0 Å². The average molecular weight is 545 g/mol. The van der Waals surface area contributed by atoms with Crippen LogP contribution < -0.4 is 32.7 Å². The van der Waals surface area contributed by atoms with Gasteiger partial charge in [0.15, 0.2) is 0 Å². The number of nitrogens with two attached hydrogens (primary N) is 2. The number of rotatable bonds is 15. The Balaban J connectivity index is 0. The molecule has 3 amide bonds. The first-order valence-corrected chi connectivity index (χ1v) is 13.3. The minimum absolute atomic E-state index is 0.0156. The van der Waals surface area contributed by atoms with Gasteiger partial charge in [-0.2, -0.15) is 25.3 Å². The normalized spacial score (nSPS) is 13.8. The molecule has 0 radical (unpaired) electrons. The Morgan fingerprint density at radius 1 is 0.848 bits per heavy atom. The van der Waals surface area contributed by atoms with Crippen molar-refractivity contribution in [3.8, 4) is 0 Å². The van der Waals surface area contributed by atoms with Crippen LogP contribution in [0, 0.1) is 0 Å². The zero-order valence-electron chi connectivity index (χ0n) is 17.3. The molecule has 196 valence electrons. The first-order valence-electron chi connectivity index (χ1n) is 8.60. The van der Waals surface area contributed by atoms with E-state index in [9.17, 15) is 39.6 Å². The highest BCUT2D eigenvalue weighted by atomic mass is 32.2. The third kappa shape index (κ3) is 24.5.